The molecule has 1 amide bonds. The zero-order chi connectivity index (χ0) is 13.7. The number of nitrogens with two attached hydrogens (primary N) is 1. The Balaban J connectivity index is 2.00. The molecule has 0 aromatic carbocycles. The smallest absolute Gasteiger partial charge is 0.231 e. The highest BCUT2D eigenvalue weighted by Gasteiger charge is 2.28. The maximum absolute atomic E-state index is 12.0. The van der Waals surface area contributed by atoms with Gasteiger partial charge in [-0.25, -0.2) is 4.98 Å². The predicted octanol–water partition coefficient (Wildman–Crippen LogP) is 0.755. The Bertz CT molecular complexity index is 519. The van der Waals surface area contributed by atoms with E-state index in [4.69, 9.17) is 10.5 Å². The van der Waals surface area contributed by atoms with Crippen LogP contribution in [0.1, 0.15) is 18.9 Å². The van der Waals surface area contributed by atoms with Crippen LogP contribution in [0.5, 0.6) is 0 Å². The van der Waals surface area contributed by atoms with Crippen molar-refractivity contribution >= 4 is 11.7 Å². The lowest BCUT2D eigenvalue weighted by Crippen LogP contribution is -2.23. The fraction of sp³-hybridized carbons (Fsp3) is 0.429. The van der Waals surface area contributed by atoms with E-state index in [2.05, 4.69) is 22.1 Å². The van der Waals surface area contributed by atoms with E-state index in [1.54, 1.807) is 18.3 Å². The van der Waals surface area contributed by atoms with E-state index in [9.17, 15) is 4.79 Å². The van der Waals surface area contributed by atoms with Crippen molar-refractivity contribution in [1.29, 1.82) is 0 Å². The van der Waals surface area contributed by atoms with Gasteiger partial charge in [-0.05, 0) is 25.5 Å². The second-order valence-corrected chi connectivity index (χ2v) is 4.50. The van der Waals surface area contributed by atoms with Gasteiger partial charge in [0.25, 0.3) is 0 Å². The molecule has 2 heterocycles. The predicted molar refractivity (Wildman–Crippen MR) is 72.3 cm³/mol. The fourth-order valence-corrected chi connectivity index (χ4v) is 1.96. The van der Waals surface area contributed by atoms with Crippen LogP contribution >= 0.6 is 0 Å². The van der Waals surface area contributed by atoms with Crippen molar-refractivity contribution in [3.63, 3.8) is 0 Å². The zero-order valence-corrected chi connectivity index (χ0v) is 10.8. The molecule has 1 aliphatic heterocycles. The molecule has 19 heavy (non-hydrogen) atoms. The highest BCUT2D eigenvalue weighted by atomic mass is 16.5. The summed E-state index contributed by atoms with van der Waals surface area (Å²) in [6.45, 7) is 2.75. The third kappa shape index (κ3) is 3.78. The highest BCUT2D eigenvalue weighted by Crippen LogP contribution is 2.20. The van der Waals surface area contributed by atoms with Gasteiger partial charge in [-0.1, -0.05) is 11.8 Å². The van der Waals surface area contributed by atoms with Crippen molar-refractivity contribution in [3.8, 4) is 11.8 Å². The zero-order valence-electron chi connectivity index (χ0n) is 10.8. The largest absolute Gasteiger partial charge is 0.378 e. The molecule has 1 aromatic heterocycles. The van der Waals surface area contributed by atoms with Crippen LogP contribution in [0.15, 0.2) is 18.3 Å². The van der Waals surface area contributed by atoms with Gasteiger partial charge in [0.1, 0.15) is 5.82 Å². The van der Waals surface area contributed by atoms with Gasteiger partial charge in [-0.3, -0.25) is 4.79 Å². The van der Waals surface area contributed by atoms with Crippen LogP contribution in [0.25, 0.3) is 0 Å². The summed E-state index contributed by atoms with van der Waals surface area (Å²) in [7, 11) is 0. The second kappa shape index (κ2) is 6.32. The van der Waals surface area contributed by atoms with Crippen LogP contribution in [0.3, 0.4) is 0 Å². The van der Waals surface area contributed by atoms with Crippen molar-refractivity contribution in [2.24, 2.45) is 11.7 Å². The van der Waals surface area contributed by atoms with Crippen molar-refractivity contribution in [2.45, 2.75) is 19.4 Å². The first-order valence-electron chi connectivity index (χ1n) is 6.26. The molecule has 1 saturated heterocycles. The first-order chi connectivity index (χ1) is 9.19. The minimum absolute atomic E-state index is 0.0548. The van der Waals surface area contributed by atoms with E-state index in [1.165, 1.54) is 0 Å². The van der Waals surface area contributed by atoms with Crippen molar-refractivity contribution in [1.82, 2.24) is 4.98 Å². The Hall–Kier alpha value is -1.90. The number of hydrogen-bond acceptors (Lipinski definition) is 4. The van der Waals surface area contributed by atoms with Gasteiger partial charge < -0.3 is 15.8 Å². The number of hydrogen-bond donors (Lipinski definition) is 2. The number of rotatable bonds is 2. The summed E-state index contributed by atoms with van der Waals surface area (Å²) in [5.74, 6) is 6.02. The molecule has 0 spiro atoms. The molecular formula is C14H17N3O2. The Kier molecular flexibility index (Phi) is 4.50. The first kappa shape index (κ1) is 13.5. The molecule has 0 bridgehead atoms. The lowest BCUT2D eigenvalue weighted by molar-refractivity contribution is -0.119. The molecule has 1 fully saturated rings. The molecule has 0 aliphatic carbocycles. The summed E-state index contributed by atoms with van der Waals surface area (Å²) in [5.41, 5.74) is 6.10. The monoisotopic (exact) mass is 259 g/mol. The molecular weight excluding hydrogens is 242 g/mol. The number of aromatic nitrogens is 1. The van der Waals surface area contributed by atoms with Crippen molar-refractivity contribution in [2.75, 3.05) is 18.5 Å². The van der Waals surface area contributed by atoms with E-state index < -0.39 is 0 Å². The molecule has 100 valence electrons. The summed E-state index contributed by atoms with van der Waals surface area (Å²) in [6.07, 6.45) is 2.51. The number of amides is 1. The Morgan fingerprint density at radius 2 is 2.53 bits per heavy atom. The molecule has 5 heteroatoms. The highest BCUT2D eigenvalue weighted by molar-refractivity contribution is 5.92. The first-order valence-corrected chi connectivity index (χ1v) is 6.26. The third-order valence-electron chi connectivity index (χ3n) is 2.92. The summed E-state index contributed by atoms with van der Waals surface area (Å²) in [6, 6.07) is 3.51. The molecule has 1 aromatic rings. The van der Waals surface area contributed by atoms with Gasteiger partial charge in [0.2, 0.25) is 5.91 Å². The Labute approximate surface area is 112 Å². The minimum Gasteiger partial charge on any atom is -0.378 e. The molecule has 0 radical (unpaired) electrons. The summed E-state index contributed by atoms with van der Waals surface area (Å²) >= 11 is 0. The van der Waals surface area contributed by atoms with Gasteiger partial charge in [-0.2, -0.15) is 0 Å². The standard InChI is InChI=1S/C14H17N3O2/c1-10-7-12(9-19-10)14(18)17-13-8-11(3-2-5-15)4-6-16-13/h4,6,8,10,12H,5,7,9,15H2,1H3,(H,16,17,18). The van der Waals surface area contributed by atoms with Crippen LogP contribution in [0.2, 0.25) is 0 Å². The lowest BCUT2D eigenvalue weighted by atomic mass is 10.1. The van der Waals surface area contributed by atoms with E-state index >= 15 is 0 Å². The summed E-state index contributed by atoms with van der Waals surface area (Å²) in [5, 5.41) is 2.79. The molecule has 5 nitrogen and oxygen atoms in total. The van der Waals surface area contributed by atoms with Crippen molar-refractivity contribution < 1.29 is 9.53 Å². The summed E-state index contributed by atoms with van der Waals surface area (Å²) < 4.78 is 5.38. The average Bonchev–Trinajstić information content (AvgIpc) is 2.83. The Morgan fingerprint density at radius 1 is 1.68 bits per heavy atom. The third-order valence-corrected chi connectivity index (χ3v) is 2.92. The van der Waals surface area contributed by atoms with E-state index in [-0.39, 0.29) is 17.9 Å². The van der Waals surface area contributed by atoms with Gasteiger partial charge in [-0.15, -0.1) is 0 Å². The minimum atomic E-state index is -0.101. The average molecular weight is 259 g/mol. The maximum atomic E-state index is 12.0. The number of ether oxygens (including phenoxy) is 1. The van der Waals surface area contributed by atoms with E-state index in [0.29, 0.717) is 19.0 Å². The quantitative estimate of drug-likeness (QED) is 0.769. The molecule has 2 unspecified atom stereocenters. The normalized spacial score (nSPS) is 21.6. The Morgan fingerprint density at radius 3 is 3.21 bits per heavy atom. The van der Waals surface area contributed by atoms with Gasteiger partial charge >= 0.3 is 0 Å². The number of pyridine rings is 1. The number of nitrogens with one attached hydrogen (secondary N) is 1. The van der Waals surface area contributed by atoms with Crippen LogP contribution in [-0.2, 0) is 9.53 Å². The molecule has 1 aliphatic rings. The van der Waals surface area contributed by atoms with Crippen LogP contribution in [0, 0.1) is 17.8 Å². The SMILES string of the molecule is CC1CC(C(=O)Nc2cc(C#CCN)ccn2)CO1. The van der Waals surface area contributed by atoms with Crippen LogP contribution in [-0.4, -0.2) is 30.1 Å². The van der Waals surface area contributed by atoms with Crippen LogP contribution < -0.4 is 11.1 Å². The second-order valence-electron chi connectivity index (χ2n) is 4.50. The number of nitrogens with zero attached hydrogens (tertiary/aromatic N) is 1. The maximum Gasteiger partial charge on any atom is 0.231 e. The fourth-order valence-electron chi connectivity index (χ4n) is 1.96. The lowest BCUT2D eigenvalue weighted by Gasteiger charge is -2.08. The molecule has 2 rings (SSSR count). The van der Waals surface area contributed by atoms with Gasteiger partial charge in [0.05, 0.1) is 25.2 Å². The number of carbonyl (C=O) groups is 1. The number of anilines is 1. The van der Waals surface area contributed by atoms with Crippen LogP contribution in [0.4, 0.5) is 5.82 Å². The number of carbonyl (C=O) groups excluding carboxylic acids is 1. The van der Waals surface area contributed by atoms with E-state index in [1.807, 2.05) is 6.92 Å². The van der Waals surface area contributed by atoms with Gasteiger partial charge in [0, 0.05) is 11.8 Å². The molecule has 3 N–H and O–H groups in total. The topological polar surface area (TPSA) is 77.2 Å². The molecule has 2 atom stereocenters. The summed E-state index contributed by atoms with van der Waals surface area (Å²) in [4.78, 5) is 16.1. The van der Waals surface area contributed by atoms with E-state index in [0.717, 1.165) is 12.0 Å². The molecule has 0 saturated carbocycles. The van der Waals surface area contributed by atoms with Crippen molar-refractivity contribution in [3.05, 3.63) is 23.9 Å². The van der Waals surface area contributed by atoms with Gasteiger partial charge in [0.15, 0.2) is 0 Å².